The van der Waals surface area contributed by atoms with Crippen LogP contribution in [0.2, 0.25) is 15.8 Å². The van der Waals surface area contributed by atoms with Crippen LogP contribution in [-0.4, -0.2) is 20.0 Å². The van der Waals surface area contributed by atoms with Crippen molar-refractivity contribution in [2.45, 2.75) is 94.8 Å². The fourth-order valence-corrected chi connectivity index (χ4v) is 13.4. The fourth-order valence-electron chi connectivity index (χ4n) is 2.72. The zero-order valence-corrected chi connectivity index (χ0v) is 15.6. The Hall–Kier alpha value is 0.503. The second-order valence-corrected chi connectivity index (χ2v) is 15.1. The molecule has 0 amide bonds. The summed E-state index contributed by atoms with van der Waals surface area (Å²) in [6.07, 6.45) is 11.2. The fraction of sp³-hybridized carbons (Fsp3) is 1.00. The van der Waals surface area contributed by atoms with E-state index < -0.39 is 13.5 Å². The van der Waals surface area contributed by atoms with Crippen molar-refractivity contribution in [1.82, 2.24) is 4.27 Å². The molecule has 1 N–H and O–H groups in total. The van der Waals surface area contributed by atoms with Gasteiger partial charge in [-0.15, -0.1) is 0 Å². The Kier molecular flexibility index (Phi) is 12.9. The molecular weight excluding hydrogens is 279 g/mol. The summed E-state index contributed by atoms with van der Waals surface area (Å²) >= 11 is -1.71. The Labute approximate surface area is 119 Å². The molecule has 0 aliphatic heterocycles. The van der Waals surface area contributed by atoms with E-state index in [0.29, 0.717) is 0 Å². The van der Waals surface area contributed by atoms with Crippen molar-refractivity contribution < 1.29 is 0 Å². The van der Waals surface area contributed by atoms with Crippen LogP contribution >= 0.6 is 0 Å². The summed E-state index contributed by atoms with van der Waals surface area (Å²) in [6, 6.07) is 0. The molecule has 18 heavy (non-hydrogen) atoms. The van der Waals surface area contributed by atoms with Gasteiger partial charge in [0.1, 0.15) is 0 Å². The van der Waals surface area contributed by atoms with Gasteiger partial charge in [-0.2, -0.15) is 0 Å². The van der Waals surface area contributed by atoms with Crippen LogP contribution in [0.3, 0.4) is 0 Å². The average Bonchev–Trinajstić information content (AvgIpc) is 2.40. The van der Waals surface area contributed by atoms with Crippen LogP contribution in [0.1, 0.15) is 79.1 Å². The first-order valence-electron chi connectivity index (χ1n) is 8.49. The van der Waals surface area contributed by atoms with Crippen molar-refractivity contribution in [2.75, 3.05) is 6.54 Å². The van der Waals surface area contributed by atoms with E-state index in [1.165, 1.54) is 57.9 Å². The summed E-state index contributed by atoms with van der Waals surface area (Å²) in [4.78, 5) is 0. The zero-order valence-electron chi connectivity index (χ0n) is 13.5. The molecule has 0 aromatic carbocycles. The molecule has 0 radical (unpaired) electrons. The normalized spacial score (nSPS) is 12.0. The van der Waals surface area contributed by atoms with E-state index in [4.69, 9.17) is 0 Å². The summed E-state index contributed by atoms with van der Waals surface area (Å²) in [5.74, 6) is 0. The van der Waals surface area contributed by atoms with E-state index in [2.05, 4.69) is 32.0 Å². The van der Waals surface area contributed by atoms with E-state index in [-0.39, 0.29) is 0 Å². The van der Waals surface area contributed by atoms with Crippen molar-refractivity contribution >= 4 is 13.5 Å². The number of unbranched alkanes of at least 4 members (excludes halogenated alkanes) is 4. The predicted octanol–water partition coefficient (Wildman–Crippen LogP) is 5.72. The van der Waals surface area contributed by atoms with Crippen LogP contribution in [0.5, 0.6) is 0 Å². The Balaban J connectivity index is 4.41. The van der Waals surface area contributed by atoms with E-state index in [1.54, 1.807) is 15.8 Å². The average molecular weight is 316 g/mol. The summed E-state index contributed by atoms with van der Waals surface area (Å²) in [6.45, 7) is 10.6. The molecule has 2 heteroatoms. The maximum atomic E-state index is 4.13. The van der Waals surface area contributed by atoms with Crippen LogP contribution in [0.4, 0.5) is 0 Å². The van der Waals surface area contributed by atoms with Gasteiger partial charge in [0, 0.05) is 0 Å². The molecule has 0 unspecified atom stereocenters. The van der Waals surface area contributed by atoms with Gasteiger partial charge in [-0.1, -0.05) is 0 Å². The molecule has 0 aliphatic carbocycles. The van der Waals surface area contributed by atoms with E-state index >= 15 is 0 Å². The van der Waals surface area contributed by atoms with Crippen LogP contribution < -0.4 is 4.27 Å². The zero-order chi connectivity index (χ0) is 13.7. The maximum absolute atomic E-state index is 4.13. The van der Waals surface area contributed by atoms with Gasteiger partial charge in [0.25, 0.3) is 0 Å². The topological polar surface area (TPSA) is 12.0 Å². The molecule has 0 rings (SSSR count). The molecule has 0 aliphatic rings. The van der Waals surface area contributed by atoms with Crippen LogP contribution in [0, 0.1) is 0 Å². The molecule has 0 aromatic rings. The summed E-state index contributed by atoms with van der Waals surface area (Å²) in [7, 11) is 0. The van der Waals surface area contributed by atoms with Gasteiger partial charge in [0.2, 0.25) is 0 Å². The third-order valence-corrected chi connectivity index (χ3v) is 14.4. The quantitative estimate of drug-likeness (QED) is 0.338. The molecule has 0 atom stereocenters. The summed E-state index contributed by atoms with van der Waals surface area (Å²) < 4.78 is 4.13. The number of nitrogens with one attached hydrogen (secondary N) is 1. The van der Waals surface area contributed by atoms with Crippen LogP contribution in [0.25, 0.3) is 0 Å². The Morgan fingerprint density at radius 1 is 0.611 bits per heavy atom. The molecule has 0 fully saturated rings. The van der Waals surface area contributed by atoms with Gasteiger partial charge in [0.15, 0.2) is 0 Å². The minimum absolute atomic E-state index is 1.30. The number of rotatable bonds is 13. The standard InChI is InChI=1S/C16H37GeN/c1-5-9-13-17(14-10-6-2,15-11-7-3)18-16-12-8-4/h18H,5-16H2,1-4H3. The van der Waals surface area contributed by atoms with Crippen LogP contribution in [-0.2, 0) is 0 Å². The first-order chi connectivity index (χ1) is 8.74. The van der Waals surface area contributed by atoms with Crippen molar-refractivity contribution in [3.05, 3.63) is 0 Å². The van der Waals surface area contributed by atoms with Crippen molar-refractivity contribution in [3.8, 4) is 0 Å². The van der Waals surface area contributed by atoms with E-state index in [1.807, 2.05) is 0 Å². The van der Waals surface area contributed by atoms with Gasteiger partial charge < -0.3 is 0 Å². The summed E-state index contributed by atoms with van der Waals surface area (Å²) in [5.41, 5.74) is 0. The van der Waals surface area contributed by atoms with Crippen molar-refractivity contribution in [2.24, 2.45) is 0 Å². The minimum atomic E-state index is -1.71. The van der Waals surface area contributed by atoms with Crippen molar-refractivity contribution in [3.63, 3.8) is 0 Å². The van der Waals surface area contributed by atoms with Gasteiger partial charge in [-0.05, 0) is 0 Å². The van der Waals surface area contributed by atoms with Gasteiger partial charge in [-0.25, -0.2) is 0 Å². The third kappa shape index (κ3) is 8.58. The predicted molar refractivity (Wildman–Crippen MR) is 87.8 cm³/mol. The Bertz CT molecular complexity index is 149. The second-order valence-electron chi connectivity index (χ2n) is 5.87. The first-order valence-corrected chi connectivity index (χ1v) is 14.0. The van der Waals surface area contributed by atoms with Gasteiger partial charge in [0.05, 0.1) is 0 Å². The van der Waals surface area contributed by atoms with Crippen LogP contribution in [0.15, 0.2) is 0 Å². The SMILES string of the molecule is CCCC[NH][Ge]([CH2]CCC)([CH2]CCC)[CH2]CCC. The second kappa shape index (κ2) is 12.5. The molecular formula is C16H37GeN. The van der Waals surface area contributed by atoms with Gasteiger partial charge in [-0.3, -0.25) is 0 Å². The molecule has 0 aromatic heterocycles. The Morgan fingerprint density at radius 3 is 1.33 bits per heavy atom. The van der Waals surface area contributed by atoms with Gasteiger partial charge >= 0.3 is 119 Å². The van der Waals surface area contributed by atoms with E-state index in [0.717, 1.165) is 0 Å². The monoisotopic (exact) mass is 317 g/mol. The molecule has 0 bridgehead atoms. The molecule has 1 nitrogen and oxygen atoms in total. The molecule has 0 saturated carbocycles. The molecule has 0 heterocycles. The van der Waals surface area contributed by atoms with E-state index in [9.17, 15) is 0 Å². The molecule has 0 saturated heterocycles. The van der Waals surface area contributed by atoms with Crippen molar-refractivity contribution in [1.29, 1.82) is 0 Å². The molecule has 110 valence electrons. The number of hydrogen-bond donors (Lipinski definition) is 1. The molecule has 0 spiro atoms. The number of hydrogen-bond acceptors (Lipinski definition) is 1. The summed E-state index contributed by atoms with van der Waals surface area (Å²) in [5, 5.41) is 4.71. The first kappa shape index (κ1) is 18.5. The Morgan fingerprint density at radius 2 is 1.00 bits per heavy atom. The third-order valence-electron chi connectivity index (χ3n) is 4.06.